The van der Waals surface area contributed by atoms with Crippen LogP contribution in [0.4, 0.5) is 14.8 Å². The van der Waals surface area contributed by atoms with Gasteiger partial charge in [0.15, 0.2) is 0 Å². The number of nitrogens with one attached hydrogen (secondary N) is 1. The summed E-state index contributed by atoms with van der Waals surface area (Å²) in [6, 6.07) is 7.64. The maximum Gasteiger partial charge on any atom is 0.412 e. The van der Waals surface area contributed by atoms with Gasteiger partial charge >= 0.3 is 6.09 Å². The zero-order chi connectivity index (χ0) is 30.4. The van der Waals surface area contributed by atoms with Gasteiger partial charge in [0, 0.05) is 43.0 Å². The average molecular weight is 615 g/mol. The van der Waals surface area contributed by atoms with Crippen LogP contribution in [0.5, 0.6) is 0 Å². The Morgan fingerprint density at radius 3 is 1.90 bits per heavy atom. The van der Waals surface area contributed by atoms with Crippen molar-refractivity contribution in [1.29, 1.82) is 0 Å². The molecule has 228 valence electrons. The SMILES string of the molecule is C.Cc1nc(-c2cccnc2)sc1N(C)C(O)OC(C)(C)C.Cc1nc(-c2cccnc2)sc1NC(=O)OC(C)(C)C. The molecule has 1 amide bonds. The molecule has 0 fully saturated rings. The molecule has 0 spiro atoms. The van der Waals surface area contributed by atoms with E-state index in [1.54, 1.807) is 36.7 Å². The van der Waals surface area contributed by atoms with Crippen molar-refractivity contribution >= 4 is 38.8 Å². The minimum atomic E-state index is -1.01. The number of carbonyl (C=O) groups is 1. The normalized spacial score (nSPS) is 12.0. The number of aromatic nitrogens is 4. The number of anilines is 2. The molecule has 0 aliphatic heterocycles. The second-order valence-electron chi connectivity index (χ2n) is 11.1. The Hall–Kier alpha value is -3.45. The number of carbonyl (C=O) groups excluding carboxylic acids is 1. The lowest BCUT2D eigenvalue weighted by atomic mass is 10.2. The van der Waals surface area contributed by atoms with Gasteiger partial charge in [0.2, 0.25) is 6.41 Å². The highest BCUT2D eigenvalue weighted by Gasteiger charge is 2.24. The predicted molar refractivity (Wildman–Crippen MR) is 172 cm³/mol. The smallest absolute Gasteiger partial charge is 0.412 e. The van der Waals surface area contributed by atoms with Crippen molar-refractivity contribution < 1.29 is 19.4 Å². The molecule has 0 saturated heterocycles. The molecule has 4 aromatic heterocycles. The maximum absolute atomic E-state index is 11.8. The number of pyridine rings is 2. The molecule has 0 radical (unpaired) electrons. The zero-order valence-corrected chi connectivity index (χ0v) is 26.6. The van der Waals surface area contributed by atoms with Crippen molar-refractivity contribution in [3.8, 4) is 21.1 Å². The molecule has 1 unspecified atom stereocenters. The standard InChI is InChI=1S/C15H21N3O2S.C14H17N3O2S.CH4/c1-10-13(18(5)14(19)20-15(2,3)4)21-12(17-10)11-7-6-8-16-9-11;1-9-11(17-13(18)19-14(2,3)4)20-12(16-9)10-6-5-7-15-8-10;/h6-9,14,19H,1-5H3;5-8H,1-4H3,(H,17,18);1H4. The van der Waals surface area contributed by atoms with E-state index >= 15 is 0 Å². The van der Waals surface area contributed by atoms with Crippen molar-refractivity contribution in [2.45, 2.75) is 80.4 Å². The van der Waals surface area contributed by atoms with Crippen molar-refractivity contribution in [2.24, 2.45) is 0 Å². The lowest BCUT2D eigenvalue weighted by molar-refractivity contribution is -0.162. The third kappa shape index (κ3) is 10.4. The van der Waals surface area contributed by atoms with Gasteiger partial charge in [-0.15, -0.1) is 0 Å². The van der Waals surface area contributed by atoms with E-state index in [9.17, 15) is 9.90 Å². The molecule has 2 N–H and O–H groups in total. The fourth-order valence-electron chi connectivity index (χ4n) is 3.35. The fraction of sp³-hybridized carbons (Fsp3) is 0.433. The summed E-state index contributed by atoms with van der Waals surface area (Å²) in [5.74, 6) is 0. The first-order chi connectivity index (χ1) is 19.1. The summed E-state index contributed by atoms with van der Waals surface area (Å²) in [5, 5.41) is 16.2. The molecule has 10 nitrogen and oxygen atoms in total. The molecular formula is C30H42N6O4S2. The second kappa shape index (κ2) is 14.6. The van der Waals surface area contributed by atoms with E-state index in [0.29, 0.717) is 5.00 Å². The Morgan fingerprint density at radius 2 is 1.43 bits per heavy atom. The molecule has 0 bridgehead atoms. The number of hydrogen-bond donors (Lipinski definition) is 2. The highest BCUT2D eigenvalue weighted by molar-refractivity contribution is 7.19. The second-order valence-corrected chi connectivity index (χ2v) is 13.1. The van der Waals surface area contributed by atoms with Crippen LogP contribution in [-0.4, -0.2) is 55.8 Å². The Labute approximate surface area is 256 Å². The summed E-state index contributed by atoms with van der Waals surface area (Å²) in [4.78, 5) is 30.6. The van der Waals surface area contributed by atoms with Gasteiger partial charge in [-0.2, -0.15) is 0 Å². The molecule has 0 aromatic carbocycles. The van der Waals surface area contributed by atoms with Crippen LogP contribution in [0.15, 0.2) is 49.1 Å². The molecule has 42 heavy (non-hydrogen) atoms. The zero-order valence-electron chi connectivity index (χ0n) is 24.9. The van der Waals surface area contributed by atoms with Crippen molar-refractivity contribution in [3.63, 3.8) is 0 Å². The van der Waals surface area contributed by atoms with Gasteiger partial charge in [-0.1, -0.05) is 30.1 Å². The minimum Gasteiger partial charge on any atom is -0.444 e. The summed E-state index contributed by atoms with van der Waals surface area (Å²) < 4.78 is 10.8. The first kappa shape index (κ1) is 34.7. The number of amides is 1. The van der Waals surface area contributed by atoms with Gasteiger partial charge in [-0.05, 0) is 79.7 Å². The van der Waals surface area contributed by atoms with E-state index in [-0.39, 0.29) is 7.43 Å². The highest BCUT2D eigenvalue weighted by atomic mass is 32.1. The average Bonchev–Trinajstić information content (AvgIpc) is 3.45. The van der Waals surface area contributed by atoms with Gasteiger partial charge in [0.1, 0.15) is 25.6 Å². The van der Waals surface area contributed by atoms with Crippen LogP contribution in [0.2, 0.25) is 0 Å². The van der Waals surface area contributed by atoms with Gasteiger partial charge in [0.25, 0.3) is 0 Å². The number of aliphatic hydroxyl groups excluding tert-OH is 1. The maximum atomic E-state index is 11.8. The molecule has 0 aliphatic rings. The molecule has 12 heteroatoms. The first-order valence-electron chi connectivity index (χ1n) is 13.0. The molecule has 4 heterocycles. The van der Waals surface area contributed by atoms with Crippen LogP contribution in [0, 0.1) is 13.8 Å². The Morgan fingerprint density at radius 1 is 0.905 bits per heavy atom. The summed E-state index contributed by atoms with van der Waals surface area (Å²) in [7, 11) is 1.80. The quantitative estimate of drug-likeness (QED) is 0.212. The number of nitrogens with zero attached hydrogens (tertiary/aromatic N) is 5. The van der Waals surface area contributed by atoms with Crippen LogP contribution in [0.25, 0.3) is 21.1 Å². The van der Waals surface area contributed by atoms with Crippen LogP contribution in [-0.2, 0) is 9.47 Å². The molecule has 0 saturated carbocycles. The van der Waals surface area contributed by atoms with Crippen molar-refractivity contribution in [1.82, 2.24) is 19.9 Å². The minimum absolute atomic E-state index is 0. The number of aryl methyl sites for hydroxylation is 2. The van der Waals surface area contributed by atoms with E-state index in [1.807, 2.05) is 79.7 Å². The van der Waals surface area contributed by atoms with Gasteiger partial charge in [0.05, 0.1) is 17.0 Å². The molecule has 4 aromatic rings. The summed E-state index contributed by atoms with van der Waals surface area (Å²) in [5.41, 5.74) is 2.58. The van der Waals surface area contributed by atoms with Crippen LogP contribution >= 0.6 is 22.7 Å². The number of aliphatic hydroxyl groups is 1. The lowest BCUT2D eigenvalue weighted by Crippen LogP contribution is -2.39. The van der Waals surface area contributed by atoms with E-state index < -0.39 is 23.7 Å². The fourth-order valence-corrected chi connectivity index (χ4v) is 5.32. The molecule has 1 atom stereocenters. The Bertz CT molecular complexity index is 1410. The van der Waals surface area contributed by atoms with E-state index in [2.05, 4.69) is 25.3 Å². The predicted octanol–water partition coefficient (Wildman–Crippen LogP) is 7.54. The van der Waals surface area contributed by atoms with E-state index in [1.165, 1.54) is 22.7 Å². The Kier molecular flexibility index (Phi) is 12.1. The number of thiazole rings is 2. The number of rotatable bonds is 6. The molecule has 4 rings (SSSR count). The lowest BCUT2D eigenvalue weighted by Gasteiger charge is -2.30. The van der Waals surface area contributed by atoms with Crippen molar-refractivity contribution in [3.05, 3.63) is 60.4 Å². The highest BCUT2D eigenvalue weighted by Crippen LogP contribution is 2.35. The summed E-state index contributed by atoms with van der Waals surface area (Å²) >= 11 is 2.91. The molecular weight excluding hydrogens is 573 g/mol. The number of hydrogen-bond acceptors (Lipinski definition) is 11. The van der Waals surface area contributed by atoms with Gasteiger partial charge in [-0.3, -0.25) is 15.3 Å². The summed E-state index contributed by atoms with van der Waals surface area (Å²) in [6.45, 7) is 15.0. The third-order valence-corrected chi connectivity index (χ3v) is 7.53. The Balaban J connectivity index is 0.000000287. The van der Waals surface area contributed by atoms with E-state index in [0.717, 1.165) is 37.5 Å². The summed E-state index contributed by atoms with van der Waals surface area (Å²) in [6.07, 6.45) is 5.49. The van der Waals surface area contributed by atoms with Crippen LogP contribution in [0.3, 0.4) is 0 Å². The largest absolute Gasteiger partial charge is 0.444 e. The van der Waals surface area contributed by atoms with E-state index in [4.69, 9.17) is 9.47 Å². The van der Waals surface area contributed by atoms with Gasteiger partial charge in [-0.25, -0.2) is 14.8 Å². The molecule has 0 aliphatic carbocycles. The first-order valence-corrected chi connectivity index (χ1v) is 14.6. The topological polar surface area (TPSA) is 123 Å². The van der Waals surface area contributed by atoms with Crippen molar-refractivity contribution in [2.75, 3.05) is 17.3 Å². The third-order valence-electron chi connectivity index (χ3n) is 5.11. The number of ether oxygens (including phenoxy) is 2. The van der Waals surface area contributed by atoms with Crippen LogP contribution in [0.1, 0.15) is 60.4 Å². The van der Waals surface area contributed by atoms with Crippen LogP contribution < -0.4 is 10.2 Å². The monoisotopic (exact) mass is 614 g/mol. The van der Waals surface area contributed by atoms with Gasteiger partial charge < -0.3 is 19.5 Å².